The van der Waals surface area contributed by atoms with Crippen LogP contribution in [0.15, 0.2) is 18.2 Å². The number of rotatable bonds is 1. The smallest absolute Gasteiger partial charge is 0.161 e. The SMILES string of the molecule is CC(=O)c1cc2c(cc1Cl)C=CC2. The average molecular weight is 193 g/mol. The van der Waals surface area contributed by atoms with Crippen molar-refractivity contribution in [1.29, 1.82) is 0 Å². The van der Waals surface area contributed by atoms with Crippen LogP contribution >= 0.6 is 11.6 Å². The summed E-state index contributed by atoms with van der Waals surface area (Å²) in [4.78, 5) is 11.2. The van der Waals surface area contributed by atoms with Crippen LogP contribution < -0.4 is 0 Å². The van der Waals surface area contributed by atoms with Crippen molar-refractivity contribution in [3.05, 3.63) is 39.9 Å². The van der Waals surface area contributed by atoms with Gasteiger partial charge in [-0.1, -0.05) is 23.8 Å². The standard InChI is InChI=1S/C11H9ClO/c1-7(13)10-5-8-3-2-4-9(8)6-11(10)12/h2,4-6H,3H2,1H3. The third-order valence-electron chi connectivity index (χ3n) is 2.24. The molecule has 1 aromatic rings. The van der Waals surface area contributed by atoms with Gasteiger partial charge in [-0.15, -0.1) is 0 Å². The van der Waals surface area contributed by atoms with Gasteiger partial charge in [-0.2, -0.15) is 0 Å². The minimum Gasteiger partial charge on any atom is -0.294 e. The van der Waals surface area contributed by atoms with Gasteiger partial charge in [0.1, 0.15) is 0 Å². The van der Waals surface area contributed by atoms with Gasteiger partial charge in [0.05, 0.1) is 5.02 Å². The van der Waals surface area contributed by atoms with Crippen LogP contribution in [0.25, 0.3) is 6.08 Å². The van der Waals surface area contributed by atoms with E-state index in [1.807, 2.05) is 18.2 Å². The van der Waals surface area contributed by atoms with Gasteiger partial charge in [-0.3, -0.25) is 4.79 Å². The fourth-order valence-corrected chi connectivity index (χ4v) is 1.85. The number of carbonyl (C=O) groups excluding carboxylic acids is 1. The summed E-state index contributed by atoms with van der Waals surface area (Å²) in [5.74, 6) is 0.0275. The lowest BCUT2D eigenvalue weighted by Gasteiger charge is -2.04. The highest BCUT2D eigenvalue weighted by Crippen LogP contribution is 2.27. The first-order valence-corrected chi connectivity index (χ1v) is 4.56. The van der Waals surface area contributed by atoms with Crippen molar-refractivity contribution in [2.75, 3.05) is 0 Å². The predicted molar refractivity (Wildman–Crippen MR) is 54.2 cm³/mol. The Bertz CT molecular complexity index is 405. The van der Waals surface area contributed by atoms with Gasteiger partial charge in [0.2, 0.25) is 0 Å². The third-order valence-corrected chi connectivity index (χ3v) is 2.56. The lowest BCUT2D eigenvalue weighted by molar-refractivity contribution is 0.101. The second-order valence-electron chi connectivity index (χ2n) is 3.19. The molecular formula is C11H9ClO. The van der Waals surface area contributed by atoms with E-state index in [0.717, 1.165) is 12.0 Å². The Kier molecular flexibility index (Phi) is 1.97. The van der Waals surface area contributed by atoms with Crippen LogP contribution in [0.5, 0.6) is 0 Å². The largest absolute Gasteiger partial charge is 0.294 e. The van der Waals surface area contributed by atoms with E-state index in [4.69, 9.17) is 11.6 Å². The van der Waals surface area contributed by atoms with Crippen molar-refractivity contribution in [2.24, 2.45) is 0 Å². The van der Waals surface area contributed by atoms with Crippen LogP contribution in [0.2, 0.25) is 5.02 Å². The van der Waals surface area contributed by atoms with E-state index in [-0.39, 0.29) is 5.78 Å². The zero-order chi connectivity index (χ0) is 9.42. The van der Waals surface area contributed by atoms with Crippen molar-refractivity contribution < 1.29 is 4.79 Å². The molecule has 2 heteroatoms. The zero-order valence-electron chi connectivity index (χ0n) is 7.30. The number of halogens is 1. The molecule has 0 heterocycles. The number of allylic oxidation sites excluding steroid dienone is 1. The van der Waals surface area contributed by atoms with E-state index in [9.17, 15) is 4.79 Å². The van der Waals surface area contributed by atoms with Crippen LogP contribution in [-0.4, -0.2) is 5.78 Å². The molecule has 0 saturated heterocycles. The summed E-state index contributed by atoms with van der Waals surface area (Å²) in [6.07, 6.45) is 5.02. The molecule has 0 unspecified atom stereocenters. The minimum atomic E-state index is 0.0275. The predicted octanol–water partition coefficient (Wildman–Crippen LogP) is 3.11. The summed E-state index contributed by atoms with van der Waals surface area (Å²) in [6.45, 7) is 1.54. The van der Waals surface area contributed by atoms with E-state index in [0.29, 0.717) is 10.6 Å². The minimum absolute atomic E-state index is 0.0275. The lowest BCUT2D eigenvalue weighted by Crippen LogP contribution is -1.95. The molecule has 0 amide bonds. The Labute approximate surface area is 82.0 Å². The highest BCUT2D eigenvalue weighted by molar-refractivity contribution is 6.34. The molecule has 0 spiro atoms. The molecule has 1 aromatic carbocycles. The Morgan fingerprint density at radius 3 is 2.92 bits per heavy atom. The van der Waals surface area contributed by atoms with E-state index >= 15 is 0 Å². The van der Waals surface area contributed by atoms with E-state index in [2.05, 4.69) is 6.08 Å². The van der Waals surface area contributed by atoms with Crippen LogP contribution in [0.4, 0.5) is 0 Å². The van der Waals surface area contributed by atoms with Gasteiger partial charge in [-0.05, 0) is 36.6 Å². The molecule has 2 rings (SSSR count). The molecule has 0 aromatic heterocycles. The average Bonchev–Trinajstić information content (AvgIpc) is 2.48. The molecule has 1 aliphatic carbocycles. The number of hydrogen-bond donors (Lipinski definition) is 0. The molecule has 0 radical (unpaired) electrons. The van der Waals surface area contributed by atoms with Crippen molar-refractivity contribution in [3.63, 3.8) is 0 Å². The number of fused-ring (bicyclic) bond motifs is 1. The van der Waals surface area contributed by atoms with Gasteiger partial charge in [0, 0.05) is 5.56 Å². The van der Waals surface area contributed by atoms with Crippen molar-refractivity contribution in [3.8, 4) is 0 Å². The molecule has 0 aliphatic heterocycles. The van der Waals surface area contributed by atoms with E-state index in [1.165, 1.54) is 12.5 Å². The Morgan fingerprint density at radius 1 is 1.46 bits per heavy atom. The zero-order valence-corrected chi connectivity index (χ0v) is 8.06. The lowest BCUT2D eigenvalue weighted by atomic mass is 10.0. The number of Topliss-reactive ketones (excluding diaryl/α,β-unsaturated/α-hetero) is 1. The third kappa shape index (κ3) is 1.40. The second-order valence-corrected chi connectivity index (χ2v) is 3.60. The van der Waals surface area contributed by atoms with Crippen LogP contribution in [0.3, 0.4) is 0 Å². The Balaban J connectivity index is 2.59. The van der Waals surface area contributed by atoms with Gasteiger partial charge < -0.3 is 0 Å². The molecule has 0 N–H and O–H groups in total. The highest BCUT2D eigenvalue weighted by Gasteiger charge is 2.11. The summed E-state index contributed by atoms with van der Waals surface area (Å²) in [7, 11) is 0. The first-order valence-electron chi connectivity index (χ1n) is 4.18. The molecule has 13 heavy (non-hydrogen) atoms. The summed E-state index contributed by atoms with van der Waals surface area (Å²) in [5.41, 5.74) is 2.95. The molecule has 0 bridgehead atoms. The molecule has 0 fully saturated rings. The van der Waals surface area contributed by atoms with Gasteiger partial charge in [0.25, 0.3) is 0 Å². The molecular weight excluding hydrogens is 184 g/mol. The Hall–Kier alpha value is -1.08. The fraction of sp³-hybridized carbons (Fsp3) is 0.182. The number of carbonyl (C=O) groups is 1. The van der Waals surface area contributed by atoms with E-state index in [1.54, 1.807) is 0 Å². The number of ketones is 1. The van der Waals surface area contributed by atoms with Crippen LogP contribution in [-0.2, 0) is 6.42 Å². The summed E-state index contributed by atoms with van der Waals surface area (Å²) in [6, 6.07) is 3.75. The number of hydrogen-bond acceptors (Lipinski definition) is 1. The monoisotopic (exact) mass is 192 g/mol. The van der Waals surface area contributed by atoms with E-state index < -0.39 is 0 Å². The summed E-state index contributed by atoms with van der Waals surface area (Å²) < 4.78 is 0. The van der Waals surface area contributed by atoms with Gasteiger partial charge in [0.15, 0.2) is 5.78 Å². The topological polar surface area (TPSA) is 17.1 Å². The summed E-state index contributed by atoms with van der Waals surface area (Å²) >= 11 is 5.95. The maximum Gasteiger partial charge on any atom is 0.161 e. The highest BCUT2D eigenvalue weighted by atomic mass is 35.5. The normalized spacial score (nSPS) is 13.1. The Morgan fingerprint density at radius 2 is 2.23 bits per heavy atom. The van der Waals surface area contributed by atoms with Crippen LogP contribution in [0.1, 0.15) is 28.4 Å². The second kappa shape index (κ2) is 3.00. The maximum atomic E-state index is 11.2. The van der Waals surface area contributed by atoms with Crippen molar-refractivity contribution in [1.82, 2.24) is 0 Å². The van der Waals surface area contributed by atoms with Crippen molar-refractivity contribution in [2.45, 2.75) is 13.3 Å². The quantitative estimate of drug-likeness (QED) is 0.625. The molecule has 0 saturated carbocycles. The molecule has 1 nitrogen and oxygen atoms in total. The van der Waals surface area contributed by atoms with Crippen molar-refractivity contribution >= 4 is 23.5 Å². The van der Waals surface area contributed by atoms with Gasteiger partial charge in [-0.25, -0.2) is 0 Å². The first-order chi connectivity index (χ1) is 6.18. The van der Waals surface area contributed by atoms with Gasteiger partial charge >= 0.3 is 0 Å². The van der Waals surface area contributed by atoms with Crippen LogP contribution in [0, 0.1) is 0 Å². The summed E-state index contributed by atoms with van der Waals surface area (Å²) in [5, 5.41) is 0.554. The molecule has 1 aliphatic rings. The molecule has 0 atom stereocenters. The number of benzene rings is 1. The maximum absolute atomic E-state index is 11.2. The fourth-order valence-electron chi connectivity index (χ4n) is 1.55. The molecule has 66 valence electrons. The first kappa shape index (κ1) is 8.52.